The van der Waals surface area contributed by atoms with Gasteiger partial charge in [0.15, 0.2) is 0 Å². The van der Waals surface area contributed by atoms with E-state index in [1.807, 2.05) is 6.92 Å². The Morgan fingerprint density at radius 1 is 1.35 bits per heavy atom. The van der Waals surface area contributed by atoms with E-state index in [2.05, 4.69) is 36.2 Å². The van der Waals surface area contributed by atoms with Gasteiger partial charge in [0.05, 0.1) is 17.4 Å². The summed E-state index contributed by atoms with van der Waals surface area (Å²) >= 11 is 0. The smallest absolute Gasteiger partial charge is 0.259 e. The highest BCUT2D eigenvalue weighted by Gasteiger charge is 2.15. The van der Waals surface area contributed by atoms with Crippen LogP contribution in [0.15, 0.2) is 37.1 Å². The summed E-state index contributed by atoms with van der Waals surface area (Å²) in [5.41, 5.74) is 1.56. The fraction of sp³-hybridized carbons (Fsp3) is 0.316. The van der Waals surface area contributed by atoms with Crippen LogP contribution >= 0.6 is 0 Å². The van der Waals surface area contributed by atoms with Crippen molar-refractivity contribution in [2.75, 3.05) is 10.6 Å². The lowest BCUT2D eigenvalue weighted by Crippen LogP contribution is -2.15. The van der Waals surface area contributed by atoms with Crippen molar-refractivity contribution in [3.63, 3.8) is 0 Å². The zero-order chi connectivity index (χ0) is 19.3. The number of anilines is 2. The Bertz CT molecular complexity index is 827. The van der Waals surface area contributed by atoms with E-state index < -0.39 is 11.7 Å². The van der Waals surface area contributed by atoms with Crippen LogP contribution in [0.1, 0.15) is 36.3 Å². The minimum atomic E-state index is -0.601. The fourth-order valence-electron chi connectivity index (χ4n) is 2.36. The number of hydrogen-bond donors (Lipinski definition) is 2. The molecule has 6 nitrogen and oxygen atoms in total. The molecule has 0 radical (unpaired) electrons. The van der Waals surface area contributed by atoms with Crippen molar-refractivity contribution in [1.29, 1.82) is 0 Å². The van der Waals surface area contributed by atoms with Crippen LogP contribution in [0.2, 0.25) is 0 Å². The van der Waals surface area contributed by atoms with Gasteiger partial charge in [-0.2, -0.15) is 5.10 Å². The maximum Gasteiger partial charge on any atom is 0.259 e. The summed E-state index contributed by atoms with van der Waals surface area (Å²) < 4.78 is 15.6. The largest absolute Gasteiger partial charge is 0.322 e. The molecule has 1 aromatic heterocycles. The maximum absolute atomic E-state index is 13.8. The van der Waals surface area contributed by atoms with Crippen molar-refractivity contribution in [3.05, 3.63) is 54.1 Å². The van der Waals surface area contributed by atoms with Gasteiger partial charge < -0.3 is 10.6 Å². The van der Waals surface area contributed by atoms with Gasteiger partial charge in [-0.1, -0.05) is 20.4 Å². The van der Waals surface area contributed by atoms with E-state index in [9.17, 15) is 14.0 Å². The van der Waals surface area contributed by atoms with Gasteiger partial charge in [-0.15, -0.1) is 0 Å². The number of hydrogen-bond acceptors (Lipinski definition) is 3. The maximum atomic E-state index is 13.8. The first kappa shape index (κ1) is 19.4. The second-order valence-electron chi connectivity index (χ2n) is 6.39. The SMILES string of the molecule is C=CC(=O)Nc1cc(NC(=O)c2cnn(CCC(C)C)c2C)ccc1F. The van der Waals surface area contributed by atoms with Gasteiger partial charge in [-0.05, 0) is 43.5 Å². The second kappa shape index (κ2) is 8.42. The Morgan fingerprint density at radius 3 is 2.73 bits per heavy atom. The summed E-state index contributed by atoms with van der Waals surface area (Å²) in [4.78, 5) is 23.9. The van der Waals surface area contributed by atoms with E-state index in [1.165, 1.54) is 24.4 Å². The molecule has 0 aliphatic heterocycles. The molecular weight excluding hydrogens is 335 g/mol. The number of rotatable bonds is 7. The van der Waals surface area contributed by atoms with Gasteiger partial charge >= 0.3 is 0 Å². The molecule has 0 atom stereocenters. The molecule has 2 N–H and O–H groups in total. The number of aryl methyl sites for hydroxylation is 1. The first-order chi connectivity index (χ1) is 12.3. The molecule has 1 heterocycles. The number of nitrogens with zero attached hydrogens (tertiary/aromatic N) is 2. The van der Waals surface area contributed by atoms with E-state index >= 15 is 0 Å². The Morgan fingerprint density at radius 2 is 2.08 bits per heavy atom. The zero-order valence-corrected chi connectivity index (χ0v) is 15.2. The molecule has 1 aromatic carbocycles. The molecule has 0 aliphatic carbocycles. The molecule has 26 heavy (non-hydrogen) atoms. The van der Waals surface area contributed by atoms with Crippen LogP contribution in [0.25, 0.3) is 0 Å². The van der Waals surface area contributed by atoms with Gasteiger partial charge in [-0.3, -0.25) is 14.3 Å². The minimum Gasteiger partial charge on any atom is -0.322 e. The summed E-state index contributed by atoms with van der Waals surface area (Å²) in [6.07, 6.45) is 3.53. The molecule has 0 unspecified atom stereocenters. The van der Waals surface area contributed by atoms with E-state index in [-0.39, 0.29) is 11.6 Å². The monoisotopic (exact) mass is 358 g/mol. The van der Waals surface area contributed by atoms with Crippen LogP contribution in [0.3, 0.4) is 0 Å². The highest BCUT2D eigenvalue weighted by molar-refractivity contribution is 6.05. The number of carbonyl (C=O) groups is 2. The van der Waals surface area contributed by atoms with Crippen molar-refractivity contribution < 1.29 is 14.0 Å². The van der Waals surface area contributed by atoms with Crippen molar-refractivity contribution in [2.24, 2.45) is 5.92 Å². The fourth-order valence-corrected chi connectivity index (χ4v) is 2.36. The van der Waals surface area contributed by atoms with Crippen molar-refractivity contribution in [1.82, 2.24) is 9.78 Å². The van der Waals surface area contributed by atoms with Crippen LogP contribution in [0, 0.1) is 18.7 Å². The summed E-state index contributed by atoms with van der Waals surface area (Å²) in [7, 11) is 0. The average Bonchev–Trinajstić information content (AvgIpc) is 2.96. The summed E-state index contributed by atoms with van der Waals surface area (Å²) in [5, 5.41) is 9.32. The number of carbonyl (C=O) groups excluding carboxylic acids is 2. The van der Waals surface area contributed by atoms with Crippen LogP contribution in [0.5, 0.6) is 0 Å². The number of aromatic nitrogens is 2. The summed E-state index contributed by atoms with van der Waals surface area (Å²) in [5.74, 6) is -0.935. The third-order valence-electron chi connectivity index (χ3n) is 3.93. The van der Waals surface area contributed by atoms with Crippen molar-refractivity contribution in [3.8, 4) is 0 Å². The standard InChI is InChI=1S/C19H23FN4O2/c1-5-18(25)23-17-10-14(6-7-16(17)20)22-19(26)15-11-21-24(13(15)4)9-8-12(2)3/h5-7,10-12H,1,8-9H2,2-4H3,(H,22,26)(H,23,25). The Balaban J connectivity index is 2.14. The summed E-state index contributed by atoms with van der Waals surface area (Å²) in [6, 6.07) is 3.95. The van der Waals surface area contributed by atoms with Crippen LogP contribution < -0.4 is 10.6 Å². The summed E-state index contributed by atoms with van der Waals surface area (Å²) in [6.45, 7) is 10.2. The lowest BCUT2D eigenvalue weighted by molar-refractivity contribution is -0.111. The first-order valence-electron chi connectivity index (χ1n) is 8.38. The molecule has 0 spiro atoms. The molecule has 2 aromatic rings. The van der Waals surface area contributed by atoms with Crippen LogP contribution in [-0.4, -0.2) is 21.6 Å². The quantitative estimate of drug-likeness (QED) is 0.740. The number of nitrogens with one attached hydrogen (secondary N) is 2. The third kappa shape index (κ3) is 4.78. The average molecular weight is 358 g/mol. The van der Waals surface area contributed by atoms with Gasteiger partial charge in [0.1, 0.15) is 5.82 Å². The van der Waals surface area contributed by atoms with Crippen molar-refractivity contribution in [2.45, 2.75) is 33.7 Å². The topological polar surface area (TPSA) is 76.0 Å². The predicted molar refractivity (Wildman–Crippen MR) is 99.6 cm³/mol. The third-order valence-corrected chi connectivity index (χ3v) is 3.93. The predicted octanol–water partition coefficient (Wildman–Crippen LogP) is 3.75. The highest BCUT2D eigenvalue weighted by Crippen LogP contribution is 2.21. The Kier molecular flexibility index (Phi) is 6.27. The van der Waals surface area contributed by atoms with Crippen molar-refractivity contribution >= 4 is 23.2 Å². The molecule has 7 heteroatoms. The highest BCUT2D eigenvalue weighted by atomic mass is 19.1. The molecular formula is C19H23FN4O2. The molecule has 0 saturated heterocycles. The zero-order valence-electron chi connectivity index (χ0n) is 15.2. The number of halogens is 1. The number of amides is 2. The molecule has 2 rings (SSSR count). The molecule has 0 aliphatic rings. The lowest BCUT2D eigenvalue weighted by atomic mass is 10.1. The number of benzene rings is 1. The molecule has 0 saturated carbocycles. The normalized spacial score (nSPS) is 10.7. The van der Waals surface area contributed by atoms with Gasteiger partial charge in [-0.25, -0.2) is 4.39 Å². The molecule has 0 fully saturated rings. The Hall–Kier alpha value is -2.96. The van der Waals surface area contributed by atoms with E-state index in [1.54, 1.807) is 4.68 Å². The lowest BCUT2D eigenvalue weighted by Gasteiger charge is -2.10. The van der Waals surface area contributed by atoms with Gasteiger partial charge in [0.2, 0.25) is 5.91 Å². The Labute approximate surface area is 152 Å². The molecule has 138 valence electrons. The molecule has 2 amide bonds. The van der Waals surface area contributed by atoms with Gasteiger partial charge in [0, 0.05) is 17.9 Å². The van der Waals surface area contributed by atoms with Gasteiger partial charge in [0.25, 0.3) is 5.91 Å². The first-order valence-corrected chi connectivity index (χ1v) is 8.38. The second-order valence-corrected chi connectivity index (χ2v) is 6.39. The van der Waals surface area contributed by atoms with E-state index in [4.69, 9.17) is 0 Å². The minimum absolute atomic E-state index is 0.0305. The van der Waals surface area contributed by atoms with E-state index in [0.29, 0.717) is 17.2 Å². The van der Waals surface area contributed by atoms with Crippen LogP contribution in [-0.2, 0) is 11.3 Å². The van der Waals surface area contributed by atoms with E-state index in [0.717, 1.165) is 24.7 Å². The molecule has 0 bridgehead atoms. The van der Waals surface area contributed by atoms with Crippen LogP contribution in [0.4, 0.5) is 15.8 Å².